The summed E-state index contributed by atoms with van der Waals surface area (Å²) in [6.45, 7) is 0. The second kappa shape index (κ2) is 10.3. The van der Waals surface area contributed by atoms with Gasteiger partial charge >= 0.3 is 0 Å². The Morgan fingerprint density at radius 1 is 0.404 bits per heavy atom. The highest BCUT2D eigenvalue weighted by Crippen LogP contribution is 2.46. The fourth-order valence-electron chi connectivity index (χ4n) is 7.31. The number of nitrogens with zero attached hydrogens (tertiary/aromatic N) is 1. The monoisotopic (exact) mass is 617 g/mol. The van der Waals surface area contributed by atoms with Crippen molar-refractivity contribution in [2.45, 2.75) is 0 Å². The van der Waals surface area contributed by atoms with Gasteiger partial charge in [-0.1, -0.05) is 140 Å². The van der Waals surface area contributed by atoms with Crippen LogP contribution in [-0.2, 0) is 0 Å². The van der Waals surface area contributed by atoms with E-state index in [0.29, 0.717) is 0 Å². The number of hydrogen-bond donors (Lipinski definition) is 0. The summed E-state index contributed by atoms with van der Waals surface area (Å²) >= 11 is 1.90. The third-order valence-corrected chi connectivity index (χ3v) is 10.7. The van der Waals surface area contributed by atoms with Crippen LogP contribution in [0.15, 0.2) is 168 Å². The van der Waals surface area contributed by atoms with Crippen molar-refractivity contribution < 1.29 is 4.42 Å². The molecule has 10 aromatic rings. The molecule has 3 heteroatoms. The van der Waals surface area contributed by atoms with Crippen LogP contribution in [0.4, 0.5) is 0 Å². The maximum Gasteiger partial charge on any atom is 0.143 e. The number of benzene rings is 7. The van der Waals surface area contributed by atoms with Crippen molar-refractivity contribution in [3.05, 3.63) is 164 Å². The lowest BCUT2D eigenvalue weighted by atomic mass is 9.97. The van der Waals surface area contributed by atoms with E-state index in [9.17, 15) is 0 Å². The van der Waals surface area contributed by atoms with Gasteiger partial charge in [0.25, 0.3) is 0 Å². The normalized spacial score (nSPS) is 11.8. The Hall–Kier alpha value is -5.90. The average Bonchev–Trinajstić information content (AvgIpc) is 3.81. The zero-order valence-corrected chi connectivity index (χ0v) is 26.2. The highest BCUT2D eigenvalue weighted by atomic mass is 32.1. The van der Waals surface area contributed by atoms with E-state index < -0.39 is 0 Å². The first-order valence-corrected chi connectivity index (χ1v) is 16.8. The fraction of sp³-hybridized carbons (Fsp3) is 0. The predicted molar refractivity (Wildman–Crippen MR) is 200 cm³/mol. The predicted octanol–water partition coefficient (Wildman–Crippen LogP) is 12.9. The van der Waals surface area contributed by atoms with Gasteiger partial charge in [-0.15, -0.1) is 11.3 Å². The average molecular weight is 618 g/mol. The molecule has 220 valence electrons. The van der Waals surface area contributed by atoms with Crippen LogP contribution in [0, 0.1) is 0 Å². The number of fused-ring (bicyclic) bond motifs is 8. The molecule has 3 heterocycles. The van der Waals surface area contributed by atoms with Crippen LogP contribution < -0.4 is 0 Å². The topological polar surface area (TPSA) is 18.1 Å². The molecule has 0 saturated heterocycles. The lowest BCUT2D eigenvalue weighted by Crippen LogP contribution is -1.92. The highest BCUT2D eigenvalue weighted by molar-refractivity contribution is 7.27. The van der Waals surface area contributed by atoms with Crippen LogP contribution in [-0.4, -0.2) is 4.57 Å². The largest absolute Gasteiger partial charge is 0.455 e. The van der Waals surface area contributed by atoms with Crippen LogP contribution in [0.25, 0.3) is 92.2 Å². The van der Waals surface area contributed by atoms with Gasteiger partial charge in [0.1, 0.15) is 11.2 Å². The Balaban J connectivity index is 1.17. The molecular weight excluding hydrogens is 591 g/mol. The van der Waals surface area contributed by atoms with Crippen LogP contribution in [0.1, 0.15) is 0 Å². The zero-order valence-electron chi connectivity index (χ0n) is 25.4. The molecule has 2 nitrogen and oxygen atoms in total. The number of aromatic nitrogens is 1. The van der Waals surface area contributed by atoms with Crippen molar-refractivity contribution >= 4 is 64.5 Å². The molecule has 0 aliphatic rings. The first-order valence-electron chi connectivity index (χ1n) is 15.9. The molecule has 0 aliphatic heterocycles. The summed E-state index contributed by atoms with van der Waals surface area (Å²) in [4.78, 5) is 0. The van der Waals surface area contributed by atoms with Crippen LogP contribution >= 0.6 is 11.3 Å². The van der Waals surface area contributed by atoms with E-state index in [1.54, 1.807) is 0 Å². The van der Waals surface area contributed by atoms with Crippen LogP contribution in [0.3, 0.4) is 0 Å². The molecule has 0 N–H and O–H groups in total. The molecule has 0 spiro atoms. The molecule has 0 bridgehead atoms. The Morgan fingerprint density at radius 2 is 0.936 bits per heavy atom. The van der Waals surface area contributed by atoms with Crippen molar-refractivity contribution in [2.24, 2.45) is 0 Å². The van der Waals surface area contributed by atoms with Gasteiger partial charge in [-0.05, 0) is 46.5 Å². The summed E-state index contributed by atoms with van der Waals surface area (Å²) in [6.07, 6.45) is 0. The fourth-order valence-corrected chi connectivity index (χ4v) is 8.67. The lowest BCUT2D eigenvalue weighted by molar-refractivity contribution is 0.671. The molecule has 0 radical (unpaired) electrons. The minimum atomic E-state index is 0.923. The number of furan rings is 1. The molecule has 10 rings (SSSR count). The molecule has 0 unspecified atom stereocenters. The molecule has 0 fully saturated rings. The molecule has 0 aliphatic carbocycles. The lowest BCUT2D eigenvalue weighted by Gasteiger charge is -2.10. The van der Waals surface area contributed by atoms with Gasteiger partial charge < -0.3 is 8.98 Å². The van der Waals surface area contributed by atoms with Gasteiger partial charge in [0.05, 0.1) is 15.7 Å². The second-order valence-electron chi connectivity index (χ2n) is 12.1. The van der Waals surface area contributed by atoms with Gasteiger partial charge in [-0.3, -0.25) is 0 Å². The van der Waals surface area contributed by atoms with E-state index in [2.05, 4.69) is 168 Å². The Labute approximate surface area is 275 Å². The minimum absolute atomic E-state index is 0.923. The van der Waals surface area contributed by atoms with Gasteiger partial charge in [0.15, 0.2) is 0 Å². The van der Waals surface area contributed by atoms with Gasteiger partial charge in [-0.2, -0.15) is 0 Å². The van der Waals surface area contributed by atoms with Crippen molar-refractivity contribution in [3.63, 3.8) is 0 Å². The van der Waals surface area contributed by atoms with E-state index in [4.69, 9.17) is 4.42 Å². The Bertz CT molecular complexity index is 2780. The molecule has 7 aromatic carbocycles. The summed E-state index contributed by atoms with van der Waals surface area (Å²) in [5.74, 6) is 0. The first kappa shape index (κ1) is 26.3. The van der Waals surface area contributed by atoms with E-state index in [1.165, 1.54) is 48.0 Å². The van der Waals surface area contributed by atoms with Gasteiger partial charge in [0, 0.05) is 43.1 Å². The molecule has 3 aromatic heterocycles. The maximum absolute atomic E-state index is 6.76. The summed E-state index contributed by atoms with van der Waals surface area (Å²) in [7, 11) is 0. The standard InChI is InChI=1S/C44H27NOS/c1-3-13-28(14-4-1)32-20-10-23-35-36-24-11-21-33(42(36)46-41(32)35)29-15-9-16-30(27-29)34-22-12-25-38-40-44(47-43(34)38)37-19-7-8-26-39(37)45(40)31-17-5-2-6-18-31/h1-27H. The van der Waals surface area contributed by atoms with Crippen molar-refractivity contribution in [2.75, 3.05) is 0 Å². The van der Waals surface area contributed by atoms with Gasteiger partial charge in [-0.25, -0.2) is 0 Å². The first-order chi connectivity index (χ1) is 23.3. The maximum atomic E-state index is 6.76. The summed E-state index contributed by atoms with van der Waals surface area (Å²) in [5.41, 5.74) is 12.5. The SMILES string of the molecule is c1ccc(-c2cccc3c2oc2c(-c4cccc(-c5cccc6c5sc5c7ccccc7n(-c7ccccc7)c65)c4)cccc23)cc1. The molecule has 47 heavy (non-hydrogen) atoms. The summed E-state index contributed by atoms with van der Waals surface area (Å²) in [5, 5.41) is 4.84. The van der Waals surface area contributed by atoms with Crippen molar-refractivity contribution in [3.8, 4) is 39.1 Å². The van der Waals surface area contributed by atoms with E-state index in [-0.39, 0.29) is 0 Å². The molecule has 0 amide bonds. The Morgan fingerprint density at radius 3 is 1.68 bits per heavy atom. The van der Waals surface area contributed by atoms with Gasteiger partial charge in [0.2, 0.25) is 0 Å². The zero-order chi connectivity index (χ0) is 30.9. The van der Waals surface area contributed by atoms with Crippen LogP contribution in [0.2, 0.25) is 0 Å². The molecule has 0 saturated carbocycles. The molecule has 0 atom stereocenters. The number of rotatable bonds is 4. The smallest absolute Gasteiger partial charge is 0.143 e. The van der Waals surface area contributed by atoms with E-state index >= 15 is 0 Å². The summed E-state index contributed by atoms with van der Waals surface area (Å²) < 4.78 is 11.8. The van der Waals surface area contributed by atoms with Crippen molar-refractivity contribution in [1.82, 2.24) is 4.57 Å². The minimum Gasteiger partial charge on any atom is -0.455 e. The molecular formula is C44H27NOS. The van der Waals surface area contributed by atoms with Crippen molar-refractivity contribution in [1.29, 1.82) is 0 Å². The highest BCUT2D eigenvalue weighted by Gasteiger charge is 2.20. The number of thiophene rings is 1. The quantitative estimate of drug-likeness (QED) is 0.192. The van der Waals surface area contributed by atoms with E-state index in [1.807, 2.05) is 11.3 Å². The summed E-state index contributed by atoms with van der Waals surface area (Å²) in [6, 6.07) is 58.6. The third kappa shape index (κ3) is 3.97. The Kier molecular flexibility index (Phi) is 5.78. The number of para-hydroxylation sites is 4. The number of hydrogen-bond acceptors (Lipinski definition) is 2. The van der Waals surface area contributed by atoms with Crippen LogP contribution in [0.5, 0.6) is 0 Å². The van der Waals surface area contributed by atoms with E-state index in [0.717, 1.165) is 44.2 Å². The second-order valence-corrected chi connectivity index (χ2v) is 13.1. The third-order valence-electron chi connectivity index (χ3n) is 9.41.